The van der Waals surface area contributed by atoms with Gasteiger partial charge in [0.1, 0.15) is 18.0 Å². The minimum atomic E-state index is -0.678. The molecule has 216 valence electrons. The quantitative estimate of drug-likeness (QED) is 0.512. The van der Waals surface area contributed by atoms with Crippen molar-refractivity contribution in [2.75, 3.05) is 40.9 Å². The van der Waals surface area contributed by atoms with Crippen molar-refractivity contribution in [1.29, 1.82) is 0 Å². The van der Waals surface area contributed by atoms with Gasteiger partial charge < -0.3 is 24.6 Å². The second-order valence-electron chi connectivity index (χ2n) is 10.3. The third-order valence-corrected chi connectivity index (χ3v) is 7.74. The number of methoxy groups -OCH3 is 2. The maximum atomic E-state index is 13.8. The zero-order chi connectivity index (χ0) is 29.0. The van der Waals surface area contributed by atoms with Gasteiger partial charge in [-0.25, -0.2) is 19.2 Å². The Morgan fingerprint density at radius 1 is 1.07 bits per heavy atom. The number of halogens is 1. The predicted molar refractivity (Wildman–Crippen MR) is 147 cm³/mol. The van der Waals surface area contributed by atoms with Gasteiger partial charge in [-0.3, -0.25) is 9.59 Å². The number of rotatable bonds is 9. The number of nitrogens with one attached hydrogen (secondary N) is 1. The summed E-state index contributed by atoms with van der Waals surface area (Å²) in [6.07, 6.45) is 0.594. The molecule has 0 aromatic heterocycles. The van der Waals surface area contributed by atoms with Crippen molar-refractivity contribution < 1.29 is 28.2 Å². The number of carbonyl (C=O) groups is 3. The molecule has 0 aliphatic carbocycles. The average molecular weight is 556 g/mol. The van der Waals surface area contributed by atoms with E-state index in [-0.39, 0.29) is 43.2 Å². The maximum Gasteiger partial charge on any atom is 0.334 e. The Hall–Kier alpha value is -3.86. The number of hydrazine groups is 1. The summed E-state index contributed by atoms with van der Waals surface area (Å²) in [5.41, 5.74) is 1.72. The van der Waals surface area contributed by atoms with Crippen LogP contribution < -0.4 is 14.8 Å². The molecule has 1 N–H and O–H groups in total. The second-order valence-corrected chi connectivity index (χ2v) is 10.3. The molecule has 2 aromatic rings. The first-order valence-corrected chi connectivity index (χ1v) is 13.5. The summed E-state index contributed by atoms with van der Waals surface area (Å²) in [5.74, 6) is 0.478. The van der Waals surface area contributed by atoms with Crippen molar-refractivity contribution in [3.63, 3.8) is 0 Å². The Labute approximate surface area is 234 Å². The van der Waals surface area contributed by atoms with Crippen molar-refractivity contribution in [1.82, 2.24) is 25.1 Å². The fourth-order valence-electron chi connectivity index (χ4n) is 5.36. The summed E-state index contributed by atoms with van der Waals surface area (Å²) in [4.78, 5) is 43.9. The third-order valence-electron chi connectivity index (χ3n) is 7.74. The maximum absolute atomic E-state index is 13.8. The predicted octanol–water partition coefficient (Wildman–Crippen LogP) is 2.87. The van der Waals surface area contributed by atoms with Crippen LogP contribution in [0.5, 0.6) is 11.5 Å². The Balaban J connectivity index is 1.57. The lowest BCUT2D eigenvalue weighted by Gasteiger charge is -2.55. The van der Waals surface area contributed by atoms with E-state index in [2.05, 4.69) is 5.32 Å². The first-order valence-electron chi connectivity index (χ1n) is 13.5. The Bertz CT molecular complexity index is 1230. The number of piperazine rings is 1. The molecule has 0 radical (unpaired) electrons. The molecule has 0 saturated carbocycles. The van der Waals surface area contributed by atoms with Crippen LogP contribution in [0.15, 0.2) is 42.5 Å². The van der Waals surface area contributed by atoms with Crippen LogP contribution in [0.2, 0.25) is 0 Å². The summed E-state index contributed by atoms with van der Waals surface area (Å²) < 4.78 is 24.1. The van der Waals surface area contributed by atoms with E-state index < -0.39 is 18.2 Å². The lowest BCUT2D eigenvalue weighted by Crippen LogP contribution is -2.76. The van der Waals surface area contributed by atoms with Gasteiger partial charge in [-0.15, -0.1) is 0 Å². The third kappa shape index (κ3) is 5.99. The molecule has 0 spiro atoms. The smallest absolute Gasteiger partial charge is 0.334 e. The van der Waals surface area contributed by atoms with Crippen LogP contribution in [0.25, 0.3) is 0 Å². The molecule has 3 atom stereocenters. The number of ether oxygens (including phenoxy) is 2. The molecule has 0 bridgehead atoms. The van der Waals surface area contributed by atoms with Crippen LogP contribution in [-0.4, -0.2) is 90.8 Å². The molecule has 2 heterocycles. The lowest BCUT2D eigenvalue weighted by atomic mass is 9.92. The van der Waals surface area contributed by atoms with Crippen molar-refractivity contribution in [2.45, 2.75) is 45.4 Å². The highest BCUT2D eigenvalue weighted by Gasteiger charge is 2.51. The molecule has 4 rings (SSSR count). The van der Waals surface area contributed by atoms with Crippen molar-refractivity contribution in [3.05, 3.63) is 59.4 Å². The highest BCUT2D eigenvalue weighted by atomic mass is 19.1. The molecule has 10 nitrogen and oxygen atoms in total. The van der Waals surface area contributed by atoms with Gasteiger partial charge in [0, 0.05) is 20.1 Å². The van der Waals surface area contributed by atoms with Crippen LogP contribution in [0.3, 0.4) is 0 Å². The number of urea groups is 1. The normalized spacial score (nSPS) is 20.3. The fourth-order valence-corrected chi connectivity index (χ4v) is 5.36. The molecule has 11 heteroatoms. The van der Waals surface area contributed by atoms with Crippen LogP contribution in [0.4, 0.5) is 9.18 Å². The minimum absolute atomic E-state index is 0.0215. The van der Waals surface area contributed by atoms with Gasteiger partial charge in [0.15, 0.2) is 11.5 Å². The van der Waals surface area contributed by atoms with Crippen LogP contribution in [0, 0.1) is 11.7 Å². The van der Waals surface area contributed by atoms with E-state index >= 15 is 0 Å². The largest absolute Gasteiger partial charge is 0.493 e. The first-order chi connectivity index (χ1) is 19.2. The zero-order valence-corrected chi connectivity index (χ0v) is 23.7. The highest BCUT2D eigenvalue weighted by Crippen LogP contribution is 2.31. The van der Waals surface area contributed by atoms with Gasteiger partial charge >= 0.3 is 6.03 Å². The van der Waals surface area contributed by atoms with Crippen LogP contribution in [0.1, 0.15) is 31.4 Å². The molecular weight excluding hydrogens is 517 g/mol. The highest BCUT2D eigenvalue weighted by molar-refractivity contribution is 5.91. The van der Waals surface area contributed by atoms with Gasteiger partial charge in [-0.05, 0) is 47.7 Å². The lowest BCUT2D eigenvalue weighted by molar-refractivity contribution is -0.190. The van der Waals surface area contributed by atoms with Crippen molar-refractivity contribution in [3.8, 4) is 11.5 Å². The molecule has 40 heavy (non-hydrogen) atoms. The summed E-state index contributed by atoms with van der Waals surface area (Å²) in [5, 5.41) is 6.01. The Morgan fingerprint density at radius 2 is 1.75 bits per heavy atom. The number of benzene rings is 2. The number of hydrogen-bond acceptors (Lipinski definition) is 6. The Morgan fingerprint density at radius 3 is 2.40 bits per heavy atom. The van der Waals surface area contributed by atoms with Crippen molar-refractivity contribution >= 4 is 17.8 Å². The van der Waals surface area contributed by atoms with Crippen LogP contribution in [-0.2, 0) is 22.6 Å². The topological polar surface area (TPSA) is 94.7 Å². The number of amides is 4. The first kappa shape index (κ1) is 29.1. The van der Waals surface area contributed by atoms with E-state index in [1.807, 2.05) is 32.0 Å². The summed E-state index contributed by atoms with van der Waals surface area (Å²) in [6.45, 7) is 4.71. The van der Waals surface area contributed by atoms with Gasteiger partial charge in [-0.1, -0.05) is 38.5 Å². The second kappa shape index (κ2) is 12.5. The van der Waals surface area contributed by atoms with Gasteiger partial charge in [-0.2, -0.15) is 0 Å². The standard InChI is InChI=1S/C29H38FN5O5/c1-6-19(2)27-28(37)33(14-13-20-9-12-23(39-4)24(15-20)40-5)17-25-34(27)26(36)18-32(3)35(25)29(38)31-16-21-7-10-22(30)11-8-21/h7-12,15,19,25,27H,6,13-14,16-18H2,1-5H3,(H,31,38)/t19?,25-,27-/m0/s1. The molecule has 4 amide bonds. The summed E-state index contributed by atoms with van der Waals surface area (Å²) in [6, 6.07) is 10.5. The molecule has 2 aliphatic rings. The number of carbonyl (C=O) groups excluding carboxylic acids is 3. The molecule has 1 unspecified atom stereocenters. The molecule has 2 fully saturated rings. The molecular formula is C29H38FN5O5. The zero-order valence-electron chi connectivity index (χ0n) is 23.7. The molecule has 2 aliphatic heterocycles. The monoisotopic (exact) mass is 555 g/mol. The molecule has 2 saturated heterocycles. The summed E-state index contributed by atoms with van der Waals surface area (Å²) >= 11 is 0. The van der Waals surface area contributed by atoms with E-state index in [9.17, 15) is 18.8 Å². The number of nitrogens with zero attached hydrogens (tertiary/aromatic N) is 4. The van der Waals surface area contributed by atoms with Gasteiger partial charge in [0.2, 0.25) is 11.8 Å². The van der Waals surface area contributed by atoms with Crippen molar-refractivity contribution in [2.24, 2.45) is 5.92 Å². The number of likely N-dealkylation sites (N-methyl/N-ethyl adjacent to an activating group) is 1. The average Bonchev–Trinajstić information content (AvgIpc) is 2.95. The van der Waals surface area contributed by atoms with Gasteiger partial charge in [0.25, 0.3) is 0 Å². The minimum Gasteiger partial charge on any atom is -0.493 e. The number of fused-ring (bicyclic) bond motifs is 1. The number of hydrogen-bond donors (Lipinski definition) is 1. The fraction of sp³-hybridized carbons (Fsp3) is 0.483. The van der Waals surface area contributed by atoms with E-state index in [1.54, 1.807) is 48.2 Å². The van der Waals surface area contributed by atoms with E-state index in [0.717, 1.165) is 11.1 Å². The Kier molecular flexibility index (Phi) is 9.14. The van der Waals surface area contributed by atoms with Gasteiger partial charge in [0.05, 0.1) is 27.3 Å². The van der Waals surface area contributed by atoms with E-state index in [1.165, 1.54) is 17.1 Å². The van der Waals surface area contributed by atoms with E-state index in [4.69, 9.17) is 9.47 Å². The van der Waals surface area contributed by atoms with E-state index in [0.29, 0.717) is 30.9 Å². The SMILES string of the molecule is CCC(C)[C@H]1C(=O)N(CCc2ccc(OC)c(OC)c2)C[C@H]2N1C(=O)CN(C)N2C(=O)NCc1ccc(F)cc1. The molecule has 2 aromatic carbocycles. The summed E-state index contributed by atoms with van der Waals surface area (Å²) in [7, 11) is 4.84. The van der Waals surface area contributed by atoms with Crippen LogP contribution >= 0.6 is 0 Å².